The van der Waals surface area contributed by atoms with Crippen molar-refractivity contribution in [2.45, 2.75) is 38.2 Å². The minimum Gasteiger partial charge on any atom is -0.379 e. The molecule has 11 heteroatoms. The van der Waals surface area contributed by atoms with Crippen LogP contribution in [0.4, 0.5) is 8.78 Å². The van der Waals surface area contributed by atoms with Crippen molar-refractivity contribution in [3.63, 3.8) is 0 Å². The van der Waals surface area contributed by atoms with Crippen LogP contribution in [0.25, 0.3) is 11.4 Å². The molecule has 3 N–H and O–H groups in total. The van der Waals surface area contributed by atoms with Gasteiger partial charge in [-0.2, -0.15) is 19.6 Å². The van der Waals surface area contributed by atoms with Crippen molar-refractivity contribution in [3.05, 3.63) is 83.2 Å². The number of benzene rings is 2. The summed E-state index contributed by atoms with van der Waals surface area (Å²) >= 11 is 6.13. The van der Waals surface area contributed by atoms with E-state index in [1.54, 1.807) is 10.7 Å². The Labute approximate surface area is 199 Å². The lowest BCUT2D eigenvalue weighted by Gasteiger charge is -2.40. The highest BCUT2D eigenvalue weighted by Gasteiger charge is 2.45. The van der Waals surface area contributed by atoms with Gasteiger partial charge in [-0.1, -0.05) is 23.7 Å². The molecule has 0 fully saturated rings. The zero-order valence-corrected chi connectivity index (χ0v) is 19.2. The molecule has 1 aliphatic heterocycles. The van der Waals surface area contributed by atoms with E-state index in [0.29, 0.717) is 30.5 Å². The summed E-state index contributed by atoms with van der Waals surface area (Å²) in [7, 11) is 0. The van der Waals surface area contributed by atoms with Crippen molar-refractivity contribution in [1.29, 1.82) is 0 Å². The van der Waals surface area contributed by atoms with Gasteiger partial charge in [0.25, 0.3) is 5.82 Å². The highest BCUT2D eigenvalue weighted by atomic mass is 35.5. The van der Waals surface area contributed by atoms with Gasteiger partial charge in [0, 0.05) is 34.8 Å². The summed E-state index contributed by atoms with van der Waals surface area (Å²) in [6, 6.07) is 10.1. The number of nitrogens with one attached hydrogen (secondary N) is 2. The molecule has 2 aromatic heterocycles. The van der Waals surface area contributed by atoms with Crippen molar-refractivity contribution >= 4 is 11.6 Å². The second kappa shape index (κ2) is 8.86. The molecule has 34 heavy (non-hydrogen) atoms. The highest BCUT2D eigenvalue weighted by molar-refractivity contribution is 6.30. The molecule has 0 radical (unpaired) electrons. The number of aromatic nitrogens is 6. The third-order valence-corrected chi connectivity index (χ3v) is 6.63. The van der Waals surface area contributed by atoms with Crippen LogP contribution in [0, 0.1) is 11.6 Å². The van der Waals surface area contributed by atoms with Gasteiger partial charge in [0.1, 0.15) is 36.9 Å². The van der Waals surface area contributed by atoms with E-state index in [9.17, 15) is 13.9 Å². The number of hydrogen-bond acceptors (Lipinski definition) is 4. The standard InChI is InChI=1S/C23H22ClF2N7O/c1-15(23(34,12-32-14-27-13-28-32)19-6-5-18(25)10-20(19)26)31-7-8-33-21(11-31)29-22(30-33)16-3-2-4-17(24)9-16/h2-6,9-10,13-15,34H,7-8,11-12H2,1H3/p+2/t15-,23-/m1/s1. The van der Waals surface area contributed by atoms with E-state index in [-0.39, 0.29) is 12.1 Å². The Morgan fingerprint density at radius 3 is 2.85 bits per heavy atom. The number of rotatable bonds is 6. The average molecular weight is 488 g/mol. The van der Waals surface area contributed by atoms with Crippen LogP contribution >= 0.6 is 11.6 Å². The molecule has 0 aliphatic carbocycles. The Hall–Kier alpha value is -3.21. The molecule has 0 saturated heterocycles. The normalized spacial score (nSPS) is 16.7. The molecule has 0 amide bonds. The molecule has 2 aromatic carbocycles. The second-order valence-corrected chi connectivity index (χ2v) is 8.93. The number of nitrogens with zero attached hydrogens (tertiary/aromatic N) is 5. The monoisotopic (exact) mass is 487 g/mol. The van der Waals surface area contributed by atoms with Gasteiger partial charge >= 0.3 is 12.2 Å². The Kier molecular flexibility index (Phi) is 5.88. The molecule has 0 spiro atoms. The second-order valence-electron chi connectivity index (χ2n) is 8.50. The van der Waals surface area contributed by atoms with Gasteiger partial charge in [0.05, 0.1) is 0 Å². The smallest absolute Gasteiger partial charge is 0.333 e. The summed E-state index contributed by atoms with van der Waals surface area (Å²) in [4.78, 5) is 10.8. The van der Waals surface area contributed by atoms with Crippen LogP contribution in [0.1, 0.15) is 18.3 Å². The predicted molar refractivity (Wildman–Crippen MR) is 118 cm³/mol. The van der Waals surface area contributed by atoms with Crippen LogP contribution in [0.5, 0.6) is 0 Å². The molecule has 0 saturated carbocycles. The van der Waals surface area contributed by atoms with E-state index >= 15 is 0 Å². The fraction of sp³-hybridized carbons (Fsp3) is 0.304. The highest BCUT2D eigenvalue weighted by Crippen LogP contribution is 2.32. The van der Waals surface area contributed by atoms with Crippen LogP contribution in [-0.2, 0) is 25.2 Å². The van der Waals surface area contributed by atoms with Crippen LogP contribution in [0.2, 0.25) is 5.02 Å². The maximum absolute atomic E-state index is 14.9. The lowest BCUT2D eigenvalue weighted by Crippen LogP contribution is -2.61. The zero-order chi connectivity index (χ0) is 23.9. The Balaban J connectivity index is 1.46. The predicted octanol–water partition coefficient (Wildman–Crippen LogP) is 2.10. The molecule has 2 atom stereocenters. The molecule has 0 unspecified atom stereocenters. The van der Waals surface area contributed by atoms with E-state index in [2.05, 4.69) is 15.2 Å². The molecule has 0 bridgehead atoms. The van der Waals surface area contributed by atoms with Crippen LogP contribution < -0.4 is 9.36 Å². The Morgan fingerprint density at radius 1 is 1.26 bits per heavy atom. The molecule has 3 heterocycles. The van der Waals surface area contributed by atoms with Crippen molar-refractivity contribution in [2.75, 3.05) is 6.54 Å². The first-order valence-corrected chi connectivity index (χ1v) is 11.3. The van der Waals surface area contributed by atoms with Gasteiger partial charge in [-0.3, -0.25) is 4.90 Å². The third-order valence-electron chi connectivity index (χ3n) is 6.40. The van der Waals surface area contributed by atoms with Crippen LogP contribution in [0.15, 0.2) is 55.1 Å². The quantitative estimate of drug-likeness (QED) is 0.363. The Morgan fingerprint density at radius 2 is 2.12 bits per heavy atom. The Bertz CT molecular complexity index is 1310. The SMILES string of the molecule is C[C@@H](N1CC[n+]2[nH]c(-c3cccc(Cl)c3)nc2C1)[C@](O)(C[n+]1cnc[nH]1)c1ccc(F)cc1F. The maximum atomic E-state index is 14.9. The van der Waals surface area contributed by atoms with Gasteiger partial charge in [0.15, 0.2) is 0 Å². The number of fused-ring (bicyclic) bond motifs is 1. The van der Waals surface area contributed by atoms with E-state index in [1.807, 2.05) is 34.7 Å². The minimum absolute atomic E-state index is 0.00154. The lowest BCUT2D eigenvalue weighted by molar-refractivity contribution is -0.768. The first-order valence-electron chi connectivity index (χ1n) is 10.9. The summed E-state index contributed by atoms with van der Waals surface area (Å²) < 4.78 is 32.0. The number of hydrogen-bond donors (Lipinski definition) is 3. The summed E-state index contributed by atoms with van der Waals surface area (Å²) in [5.41, 5.74) is -0.790. The average Bonchev–Trinajstić information content (AvgIpc) is 3.47. The third kappa shape index (κ3) is 4.20. The van der Waals surface area contributed by atoms with E-state index in [4.69, 9.17) is 16.6 Å². The van der Waals surface area contributed by atoms with Crippen molar-refractivity contribution in [2.24, 2.45) is 0 Å². The van der Waals surface area contributed by atoms with Crippen LogP contribution in [-0.4, -0.2) is 42.8 Å². The number of aliphatic hydroxyl groups is 1. The van der Waals surface area contributed by atoms with E-state index in [0.717, 1.165) is 23.5 Å². The van der Waals surface area contributed by atoms with Crippen molar-refractivity contribution in [3.8, 4) is 11.4 Å². The van der Waals surface area contributed by atoms with Crippen molar-refractivity contribution in [1.82, 2.24) is 25.1 Å². The van der Waals surface area contributed by atoms with Gasteiger partial charge in [0.2, 0.25) is 6.33 Å². The van der Waals surface area contributed by atoms with E-state index < -0.39 is 23.3 Å². The largest absolute Gasteiger partial charge is 0.379 e. The fourth-order valence-electron chi connectivity index (χ4n) is 4.48. The van der Waals surface area contributed by atoms with Gasteiger partial charge in [-0.25, -0.2) is 8.78 Å². The molecule has 1 aliphatic rings. The van der Waals surface area contributed by atoms with Gasteiger partial charge in [-0.15, -0.1) is 0 Å². The van der Waals surface area contributed by atoms with Gasteiger partial charge < -0.3 is 5.11 Å². The first-order chi connectivity index (χ1) is 16.3. The number of H-pyrrole nitrogens is 2. The zero-order valence-electron chi connectivity index (χ0n) is 18.4. The minimum atomic E-state index is -1.68. The van der Waals surface area contributed by atoms with Crippen LogP contribution in [0.3, 0.4) is 0 Å². The van der Waals surface area contributed by atoms with Gasteiger partial charge in [-0.05, 0) is 41.2 Å². The number of aromatic amines is 2. The molecular weight excluding hydrogens is 464 g/mol. The summed E-state index contributed by atoms with van der Waals surface area (Å²) in [5.74, 6) is -0.0249. The first kappa shape index (κ1) is 22.6. The maximum Gasteiger partial charge on any atom is 0.333 e. The fourth-order valence-corrected chi connectivity index (χ4v) is 4.67. The number of halogens is 3. The molecule has 5 rings (SSSR count). The molecular formula is C23H24ClF2N7O+2. The topological polar surface area (TPSA) is 88.6 Å². The summed E-state index contributed by atoms with van der Waals surface area (Å²) in [6.45, 7) is 3.46. The lowest BCUT2D eigenvalue weighted by atomic mass is 9.85. The van der Waals surface area contributed by atoms with E-state index in [1.165, 1.54) is 18.7 Å². The molecule has 8 nitrogen and oxygen atoms in total. The molecule has 176 valence electrons. The molecule has 4 aromatic rings. The summed E-state index contributed by atoms with van der Waals surface area (Å²) in [6.07, 6.45) is 2.98. The summed E-state index contributed by atoms with van der Waals surface area (Å²) in [5, 5.41) is 18.7. The van der Waals surface area contributed by atoms with Crippen molar-refractivity contribution < 1.29 is 23.3 Å².